The fourth-order valence-corrected chi connectivity index (χ4v) is 3.14. The van der Waals surface area contributed by atoms with Gasteiger partial charge in [0.15, 0.2) is 11.5 Å². The Kier molecular flexibility index (Phi) is 5.64. The molecule has 0 fully saturated rings. The second kappa shape index (κ2) is 8.11. The smallest absolute Gasteiger partial charge is 0.251 e. The molecule has 0 bridgehead atoms. The standard InChI is InChI=1S/C19H21NO3S/c1-14-3-6-16(7-4-14)24-12-9-20-19(21)15-5-8-17-18(13-15)23-11-2-10-22-17/h3-8,13H,2,9-12H2,1H3,(H,20,21). The molecule has 1 N–H and O–H groups in total. The summed E-state index contributed by atoms with van der Waals surface area (Å²) in [6.45, 7) is 3.95. The van der Waals surface area contributed by atoms with Crippen LogP contribution < -0.4 is 14.8 Å². The summed E-state index contributed by atoms with van der Waals surface area (Å²) in [4.78, 5) is 13.5. The van der Waals surface area contributed by atoms with Crippen LogP contribution in [0.4, 0.5) is 0 Å². The largest absolute Gasteiger partial charge is 0.490 e. The molecule has 0 radical (unpaired) electrons. The maximum Gasteiger partial charge on any atom is 0.251 e. The van der Waals surface area contributed by atoms with Crippen LogP contribution >= 0.6 is 11.8 Å². The van der Waals surface area contributed by atoms with Gasteiger partial charge in [-0.3, -0.25) is 4.79 Å². The molecule has 24 heavy (non-hydrogen) atoms. The van der Waals surface area contributed by atoms with Gasteiger partial charge >= 0.3 is 0 Å². The van der Waals surface area contributed by atoms with E-state index in [1.165, 1.54) is 10.5 Å². The topological polar surface area (TPSA) is 47.6 Å². The summed E-state index contributed by atoms with van der Waals surface area (Å²) in [6, 6.07) is 13.7. The molecule has 0 saturated heterocycles. The Bertz CT molecular complexity index is 700. The second-order valence-electron chi connectivity index (χ2n) is 5.63. The summed E-state index contributed by atoms with van der Waals surface area (Å²) in [6.07, 6.45) is 0.854. The summed E-state index contributed by atoms with van der Waals surface area (Å²) in [5.74, 6) is 2.10. The van der Waals surface area contributed by atoms with Gasteiger partial charge in [-0.1, -0.05) is 17.7 Å². The van der Waals surface area contributed by atoms with E-state index >= 15 is 0 Å². The third kappa shape index (κ3) is 4.45. The molecular weight excluding hydrogens is 322 g/mol. The molecule has 2 aromatic rings. The lowest BCUT2D eigenvalue weighted by atomic mass is 10.2. The number of hydrogen-bond acceptors (Lipinski definition) is 4. The van der Waals surface area contributed by atoms with Gasteiger partial charge < -0.3 is 14.8 Å². The summed E-state index contributed by atoms with van der Waals surface area (Å²) < 4.78 is 11.2. The van der Waals surface area contributed by atoms with E-state index in [9.17, 15) is 4.79 Å². The number of carbonyl (C=O) groups is 1. The number of thioether (sulfide) groups is 1. The summed E-state index contributed by atoms with van der Waals surface area (Å²) in [7, 11) is 0. The second-order valence-corrected chi connectivity index (χ2v) is 6.80. The molecule has 1 heterocycles. The van der Waals surface area contributed by atoms with E-state index in [-0.39, 0.29) is 5.91 Å². The van der Waals surface area contributed by atoms with Gasteiger partial charge in [-0.2, -0.15) is 0 Å². The van der Waals surface area contributed by atoms with Crippen molar-refractivity contribution in [2.24, 2.45) is 0 Å². The average molecular weight is 343 g/mol. The minimum Gasteiger partial charge on any atom is -0.490 e. The van der Waals surface area contributed by atoms with Gasteiger partial charge in [-0.15, -0.1) is 11.8 Å². The van der Waals surface area contributed by atoms with Crippen molar-refractivity contribution < 1.29 is 14.3 Å². The average Bonchev–Trinajstić information content (AvgIpc) is 2.84. The number of fused-ring (bicyclic) bond motifs is 1. The maximum absolute atomic E-state index is 12.3. The van der Waals surface area contributed by atoms with E-state index in [0.717, 1.165) is 12.2 Å². The van der Waals surface area contributed by atoms with Crippen LogP contribution in [0.2, 0.25) is 0 Å². The lowest BCUT2D eigenvalue weighted by Gasteiger charge is -2.10. The number of hydrogen-bond donors (Lipinski definition) is 1. The first kappa shape index (κ1) is 16.7. The number of carbonyl (C=O) groups excluding carboxylic acids is 1. The van der Waals surface area contributed by atoms with E-state index in [1.54, 1.807) is 30.0 Å². The van der Waals surface area contributed by atoms with Gasteiger partial charge in [-0.05, 0) is 37.3 Å². The van der Waals surface area contributed by atoms with Crippen molar-refractivity contribution in [3.63, 3.8) is 0 Å². The minimum absolute atomic E-state index is 0.0878. The van der Waals surface area contributed by atoms with Crippen molar-refractivity contribution in [2.45, 2.75) is 18.2 Å². The number of amides is 1. The summed E-state index contributed by atoms with van der Waals surface area (Å²) in [5, 5.41) is 2.95. The molecule has 4 nitrogen and oxygen atoms in total. The molecule has 1 aliphatic heterocycles. The molecule has 0 aromatic heterocycles. The molecule has 3 rings (SSSR count). The van der Waals surface area contributed by atoms with Crippen molar-refractivity contribution in [3.05, 3.63) is 53.6 Å². The molecule has 1 amide bonds. The number of aryl methyl sites for hydroxylation is 1. The van der Waals surface area contributed by atoms with Gasteiger partial charge in [-0.25, -0.2) is 0 Å². The predicted octanol–water partition coefficient (Wildman–Crippen LogP) is 3.68. The van der Waals surface area contributed by atoms with Crippen LogP contribution in [-0.4, -0.2) is 31.4 Å². The SMILES string of the molecule is Cc1ccc(SCCNC(=O)c2ccc3c(c2)OCCCO3)cc1. The zero-order valence-electron chi connectivity index (χ0n) is 13.7. The molecule has 1 aliphatic rings. The molecule has 0 saturated carbocycles. The van der Waals surface area contributed by atoms with E-state index in [2.05, 4.69) is 36.5 Å². The van der Waals surface area contributed by atoms with E-state index in [4.69, 9.17) is 9.47 Å². The Morgan fingerprint density at radius 2 is 1.83 bits per heavy atom. The lowest BCUT2D eigenvalue weighted by Crippen LogP contribution is -2.25. The Hall–Kier alpha value is -2.14. The number of ether oxygens (including phenoxy) is 2. The van der Waals surface area contributed by atoms with Gasteiger partial charge in [0.05, 0.1) is 13.2 Å². The predicted molar refractivity (Wildman–Crippen MR) is 96.3 cm³/mol. The van der Waals surface area contributed by atoms with Crippen LogP contribution in [-0.2, 0) is 0 Å². The fraction of sp³-hybridized carbons (Fsp3) is 0.316. The lowest BCUT2D eigenvalue weighted by molar-refractivity contribution is 0.0955. The number of rotatable bonds is 5. The zero-order chi connectivity index (χ0) is 16.8. The van der Waals surface area contributed by atoms with E-state index < -0.39 is 0 Å². The highest BCUT2D eigenvalue weighted by Gasteiger charge is 2.13. The summed E-state index contributed by atoms with van der Waals surface area (Å²) in [5.41, 5.74) is 1.85. The highest BCUT2D eigenvalue weighted by molar-refractivity contribution is 7.99. The maximum atomic E-state index is 12.3. The normalized spacial score (nSPS) is 13.2. The molecule has 0 atom stereocenters. The highest BCUT2D eigenvalue weighted by Crippen LogP contribution is 2.30. The first-order valence-corrected chi connectivity index (χ1v) is 9.08. The Balaban J connectivity index is 1.50. The van der Waals surface area contributed by atoms with Gasteiger partial charge in [0, 0.05) is 29.2 Å². The first-order chi connectivity index (χ1) is 11.7. The van der Waals surface area contributed by atoms with Crippen LogP contribution in [0.1, 0.15) is 22.3 Å². The molecule has 0 aliphatic carbocycles. The van der Waals surface area contributed by atoms with E-state index in [0.29, 0.717) is 36.8 Å². The molecule has 5 heteroatoms. The molecule has 0 spiro atoms. The van der Waals surface area contributed by atoms with Crippen molar-refractivity contribution >= 4 is 17.7 Å². The molecule has 126 valence electrons. The van der Waals surface area contributed by atoms with Crippen molar-refractivity contribution in [2.75, 3.05) is 25.5 Å². The van der Waals surface area contributed by atoms with Crippen LogP contribution in [0.15, 0.2) is 47.4 Å². The molecular formula is C19H21NO3S. The van der Waals surface area contributed by atoms with Crippen molar-refractivity contribution in [1.29, 1.82) is 0 Å². The van der Waals surface area contributed by atoms with Gasteiger partial charge in [0.25, 0.3) is 5.91 Å². The third-order valence-corrected chi connectivity index (χ3v) is 4.70. The number of benzene rings is 2. The van der Waals surface area contributed by atoms with Crippen LogP contribution in [0.5, 0.6) is 11.5 Å². The minimum atomic E-state index is -0.0878. The van der Waals surface area contributed by atoms with Gasteiger partial charge in [0.1, 0.15) is 0 Å². The fourth-order valence-electron chi connectivity index (χ4n) is 2.37. The zero-order valence-corrected chi connectivity index (χ0v) is 14.5. The Labute approximate surface area is 146 Å². The van der Waals surface area contributed by atoms with Gasteiger partial charge in [0.2, 0.25) is 0 Å². The van der Waals surface area contributed by atoms with Crippen molar-refractivity contribution in [1.82, 2.24) is 5.32 Å². The Morgan fingerprint density at radius 1 is 1.08 bits per heavy atom. The Morgan fingerprint density at radius 3 is 2.62 bits per heavy atom. The first-order valence-electron chi connectivity index (χ1n) is 8.10. The number of nitrogens with one attached hydrogen (secondary N) is 1. The highest BCUT2D eigenvalue weighted by atomic mass is 32.2. The quantitative estimate of drug-likeness (QED) is 0.665. The molecule has 2 aromatic carbocycles. The van der Waals surface area contributed by atoms with Crippen molar-refractivity contribution in [3.8, 4) is 11.5 Å². The monoisotopic (exact) mass is 343 g/mol. The third-order valence-electron chi connectivity index (χ3n) is 3.69. The summed E-state index contributed by atoms with van der Waals surface area (Å²) >= 11 is 1.73. The van der Waals surface area contributed by atoms with E-state index in [1.807, 2.05) is 0 Å². The van der Waals surface area contributed by atoms with Crippen LogP contribution in [0.3, 0.4) is 0 Å². The van der Waals surface area contributed by atoms with Crippen LogP contribution in [0.25, 0.3) is 0 Å². The van der Waals surface area contributed by atoms with Crippen LogP contribution in [0, 0.1) is 6.92 Å². The molecule has 0 unspecified atom stereocenters.